The fourth-order valence-electron chi connectivity index (χ4n) is 2.81. The van der Waals surface area contributed by atoms with Gasteiger partial charge in [-0.05, 0) is 41.8 Å². The second kappa shape index (κ2) is 8.15. The molecule has 0 bridgehead atoms. The molecule has 27 heavy (non-hydrogen) atoms. The van der Waals surface area contributed by atoms with Gasteiger partial charge < -0.3 is 5.32 Å². The molecule has 0 aliphatic rings. The molecular formula is C20H17ClF2N2OS. The van der Waals surface area contributed by atoms with Crippen LogP contribution in [0, 0.1) is 17.6 Å². The number of aromatic nitrogens is 1. The molecule has 0 spiro atoms. The molecule has 3 nitrogen and oxygen atoms in total. The summed E-state index contributed by atoms with van der Waals surface area (Å²) in [6.45, 7) is 3.93. The lowest BCUT2D eigenvalue weighted by molar-refractivity contribution is -0.118. The van der Waals surface area contributed by atoms with Crippen LogP contribution in [-0.4, -0.2) is 10.9 Å². The maximum Gasteiger partial charge on any atom is 0.233 e. The Bertz CT molecular complexity index is 957. The molecule has 0 radical (unpaired) electrons. The molecule has 140 valence electrons. The van der Waals surface area contributed by atoms with Gasteiger partial charge in [0, 0.05) is 16.0 Å². The third-order valence-electron chi connectivity index (χ3n) is 4.13. The van der Waals surface area contributed by atoms with Gasteiger partial charge in [0.25, 0.3) is 0 Å². The van der Waals surface area contributed by atoms with Crippen molar-refractivity contribution in [2.45, 2.75) is 19.8 Å². The second-order valence-corrected chi connectivity index (χ2v) is 7.72. The van der Waals surface area contributed by atoms with Crippen molar-refractivity contribution in [3.63, 3.8) is 0 Å². The maximum absolute atomic E-state index is 13.4. The molecule has 3 rings (SSSR count). The molecule has 0 aliphatic carbocycles. The summed E-state index contributed by atoms with van der Waals surface area (Å²) in [5.74, 6) is -2.33. The first-order chi connectivity index (χ1) is 12.8. The maximum atomic E-state index is 13.4. The van der Waals surface area contributed by atoms with E-state index >= 15 is 0 Å². The average Bonchev–Trinajstić information content (AvgIpc) is 3.07. The quantitative estimate of drug-likeness (QED) is 0.554. The van der Waals surface area contributed by atoms with E-state index in [2.05, 4.69) is 10.3 Å². The molecule has 0 fully saturated rings. The number of hydrogen-bond donors (Lipinski definition) is 1. The van der Waals surface area contributed by atoms with Gasteiger partial charge in [0.1, 0.15) is 0 Å². The van der Waals surface area contributed by atoms with E-state index in [1.165, 1.54) is 17.4 Å². The molecule has 0 aliphatic heterocycles. The lowest BCUT2D eigenvalue weighted by Gasteiger charge is -2.20. The summed E-state index contributed by atoms with van der Waals surface area (Å²) in [4.78, 5) is 17.1. The van der Waals surface area contributed by atoms with E-state index in [0.717, 1.165) is 17.7 Å². The first-order valence-electron chi connectivity index (χ1n) is 8.32. The van der Waals surface area contributed by atoms with Crippen molar-refractivity contribution in [2.24, 2.45) is 5.92 Å². The summed E-state index contributed by atoms with van der Waals surface area (Å²) >= 11 is 7.16. The van der Waals surface area contributed by atoms with E-state index in [9.17, 15) is 13.6 Å². The fraction of sp³-hybridized carbons (Fsp3) is 0.200. The summed E-state index contributed by atoms with van der Waals surface area (Å²) in [6.07, 6.45) is 0. The van der Waals surface area contributed by atoms with Crippen LogP contribution in [0.3, 0.4) is 0 Å². The van der Waals surface area contributed by atoms with E-state index in [1.807, 2.05) is 26.0 Å². The van der Waals surface area contributed by atoms with Crippen LogP contribution < -0.4 is 5.32 Å². The smallest absolute Gasteiger partial charge is 0.233 e. The number of amides is 1. The molecule has 7 heteroatoms. The second-order valence-electron chi connectivity index (χ2n) is 6.43. The number of thiazole rings is 1. The van der Waals surface area contributed by atoms with Crippen molar-refractivity contribution < 1.29 is 13.6 Å². The number of benzene rings is 2. The molecule has 1 aromatic heterocycles. The first-order valence-corrected chi connectivity index (χ1v) is 9.58. The van der Waals surface area contributed by atoms with Crippen LogP contribution in [0.5, 0.6) is 0 Å². The Morgan fingerprint density at radius 2 is 1.81 bits per heavy atom. The van der Waals surface area contributed by atoms with Gasteiger partial charge in [-0.2, -0.15) is 0 Å². The van der Waals surface area contributed by atoms with Crippen molar-refractivity contribution >= 4 is 34.0 Å². The predicted molar refractivity (Wildman–Crippen MR) is 105 cm³/mol. The zero-order valence-corrected chi connectivity index (χ0v) is 16.2. The standard InChI is InChI=1S/C20H17ClF2N2OS/c1-11(2)18(12-3-6-14(21)7-4-12)19(26)25-20-24-17(10-27-20)13-5-8-15(22)16(23)9-13/h3-11,18H,1-2H3,(H,24,25,26)/t18-/m1/s1. The van der Waals surface area contributed by atoms with E-state index in [0.29, 0.717) is 21.4 Å². The van der Waals surface area contributed by atoms with E-state index < -0.39 is 11.6 Å². The Labute approximate surface area is 165 Å². The summed E-state index contributed by atoms with van der Waals surface area (Å²) in [7, 11) is 0. The highest BCUT2D eigenvalue weighted by Crippen LogP contribution is 2.30. The molecule has 1 N–H and O–H groups in total. The van der Waals surface area contributed by atoms with E-state index in [4.69, 9.17) is 11.6 Å². The van der Waals surface area contributed by atoms with Crippen molar-refractivity contribution in [2.75, 3.05) is 5.32 Å². The molecule has 1 heterocycles. The van der Waals surface area contributed by atoms with Gasteiger partial charge >= 0.3 is 0 Å². The lowest BCUT2D eigenvalue weighted by atomic mass is 9.88. The van der Waals surface area contributed by atoms with Gasteiger partial charge in [-0.25, -0.2) is 13.8 Å². The minimum Gasteiger partial charge on any atom is -0.301 e. The van der Waals surface area contributed by atoms with Crippen LogP contribution in [0.2, 0.25) is 5.02 Å². The molecule has 0 saturated carbocycles. The Morgan fingerprint density at radius 1 is 1.11 bits per heavy atom. The van der Waals surface area contributed by atoms with Gasteiger partial charge in [0.2, 0.25) is 5.91 Å². The monoisotopic (exact) mass is 406 g/mol. The third kappa shape index (κ3) is 4.51. The zero-order chi connectivity index (χ0) is 19.6. The molecule has 1 atom stereocenters. The molecular weight excluding hydrogens is 390 g/mol. The zero-order valence-electron chi connectivity index (χ0n) is 14.7. The summed E-state index contributed by atoms with van der Waals surface area (Å²) in [6, 6.07) is 10.8. The van der Waals surface area contributed by atoms with Crippen molar-refractivity contribution in [1.29, 1.82) is 0 Å². The number of rotatable bonds is 5. The highest BCUT2D eigenvalue weighted by Gasteiger charge is 2.25. The number of nitrogens with zero attached hydrogens (tertiary/aromatic N) is 1. The van der Waals surface area contributed by atoms with Crippen LogP contribution in [0.15, 0.2) is 47.8 Å². The molecule has 3 aromatic rings. The number of carbonyl (C=O) groups excluding carboxylic acids is 1. The number of anilines is 1. The normalized spacial score (nSPS) is 12.2. The van der Waals surface area contributed by atoms with Crippen LogP contribution in [0.1, 0.15) is 25.3 Å². The van der Waals surface area contributed by atoms with Crippen LogP contribution in [0.25, 0.3) is 11.3 Å². The number of carbonyl (C=O) groups is 1. The SMILES string of the molecule is CC(C)[C@@H](C(=O)Nc1nc(-c2ccc(F)c(F)c2)cs1)c1ccc(Cl)cc1. The van der Waals surface area contributed by atoms with Crippen LogP contribution >= 0.6 is 22.9 Å². The van der Waals surface area contributed by atoms with Crippen molar-refractivity contribution in [3.05, 3.63) is 70.1 Å². The number of halogens is 3. The Kier molecular flexibility index (Phi) is 5.87. The largest absolute Gasteiger partial charge is 0.301 e. The number of nitrogens with one attached hydrogen (secondary N) is 1. The fourth-order valence-corrected chi connectivity index (χ4v) is 3.66. The molecule has 0 saturated heterocycles. The predicted octanol–water partition coefficient (Wildman–Crippen LogP) is 6.12. The van der Waals surface area contributed by atoms with Gasteiger partial charge in [-0.3, -0.25) is 4.79 Å². The Balaban J connectivity index is 1.79. The van der Waals surface area contributed by atoms with Gasteiger partial charge in [0.05, 0.1) is 11.6 Å². The average molecular weight is 407 g/mol. The minimum atomic E-state index is -0.936. The Hall–Kier alpha value is -2.31. The first kappa shape index (κ1) is 19.5. The van der Waals surface area contributed by atoms with E-state index in [-0.39, 0.29) is 17.7 Å². The van der Waals surface area contributed by atoms with Crippen molar-refractivity contribution in [3.8, 4) is 11.3 Å². The highest BCUT2D eigenvalue weighted by molar-refractivity contribution is 7.14. The van der Waals surface area contributed by atoms with Crippen molar-refractivity contribution in [1.82, 2.24) is 4.98 Å². The molecule has 2 aromatic carbocycles. The summed E-state index contributed by atoms with van der Waals surface area (Å²) in [5, 5.41) is 5.52. The highest BCUT2D eigenvalue weighted by atomic mass is 35.5. The Morgan fingerprint density at radius 3 is 2.44 bits per heavy atom. The number of hydrogen-bond acceptors (Lipinski definition) is 3. The molecule has 1 amide bonds. The van der Waals surface area contributed by atoms with Gasteiger partial charge in [-0.1, -0.05) is 37.6 Å². The topological polar surface area (TPSA) is 42.0 Å². The summed E-state index contributed by atoms with van der Waals surface area (Å²) in [5.41, 5.74) is 1.79. The van der Waals surface area contributed by atoms with Gasteiger partial charge in [0.15, 0.2) is 16.8 Å². The van der Waals surface area contributed by atoms with Crippen LogP contribution in [-0.2, 0) is 4.79 Å². The third-order valence-corrected chi connectivity index (χ3v) is 5.14. The van der Waals surface area contributed by atoms with E-state index in [1.54, 1.807) is 17.5 Å². The molecule has 0 unspecified atom stereocenters. The lowest BCUT2D eigenvalue weighted by Crippen LogP contribution is -2.25. The minimum absolute atomic E-state index is 0.0665. The summed E-state index contributed by atoms with van der Waals surface area (Å²) < 4.78 is 26.5. The van der Waals surface area contributed by atoms with Crippen LogP contribution in [0.4, 0.5) is 13.9 Å². The van der Waals surface area contributed by atoms with Gasteiger partial charge in [-0.15, -0.1) is 11.3 Å².